The number of benzene rings is 1. The number of carbonyl (C=O) groups excluding carboxylic acids is 1. The van der Waals surface area contributed by atoms with Crippen LogP contribution in [-0.4, -0.2) is 27.0 Å². The quantitative estimate of drug-likeness (QED) is 0.794. The Hall–Kier alpha value is -2.76. The lowest BCUT2D eigenvalue weighted by Gasteiger charge is -2.13. The lowest BCUT2D eigenvalue weighted by Crippen LogP contribution is -2.27. The van der Waals surface area contributed by atoms with Crippen LogP contribution >= 0.6 is 0 Å². The fourth-order valence-corrected chi connectivity index (χ4v) is 2.43. The SMILES string of the molecule is CC(C)(C)c1cn2nc(C(=O)NCCc3ccc(F)cc3)ccc2n1. The summed E-state index contributed by atoms with van der Waals surface area (Å²) in [5.74, 6) is -0.504. The summed E-state index contributed by atoms with van der Waals surface area (Å²) in [6.07, 6.45) is 2.48. The zero-order chi connectivity index (χ0) is 18.0. The van der Waals surface area contributed by atoms with Gasteiger partial charge in [-0.3, -0.25) is 4.79 Å². The molecule has 0 aliphatic heterocycles. The topological polar surface area (TPSA) is 59.3 Å². The number of nitrogens with one attached hydrogen (secondary N) is 1. The second-order valence-corrected chi connectivity index (χ2v) is 7.03. The van der Waals surface area contributed by atoms with Crippen molar-refractivity contribution in [3.05, 3.63) is 65.4 Å². The molecule has 0 saturated carbocycles. The Balaban J connectivity index is 1.66. The van der Waals surface area contributed by atoms with E-state index in [2.05, 4.69) is 36.2 Å². The van der Waals surface area contributed by atoms with Crippen LogP contribution in [0.5, 0.6) is 0 Å². The van der Waals surface area contributed by atoms with Crippen molar-refractivity contribution in [3.63, 3.8) is 0 Å². The van der Waals surface area contributed by atoms with E-state index in [9.17, 15) is 9.18 Å². The minimum Gasteiger partial charge on any atom is -0.350 e. The molecule has 3 rings (SSSR count). The molecule has 0 aliphatic rings. The maximum absolute atomic E-state index is 12.9. The molecule has 130 valence electrons. The predicted octanol–water partition coefficient (Wildman–Crippen LogP) is 3.14. The maximum atomic E-state index is 12.9. The third-order valence-electron chi connectivity index (χ3n) is 3.93. The van der Waals surface area contributed by atoms with Crippen molar-refractivity contribution >= 4 is 11.6 Å². The molecule has 0 fully saturated rings. The molecule has 1 amide bonds. The van der Waals surface area contributed by atoms with Crippen LogP contribution in [0, 0.1) is 5.82 Å². The summed E-state index contributed by atoms with van der Waals surface area (Å²) in [4.78, 5) is 16.8. The van der Waals surface area contributed by atoms with Gasteiger partial charge in [-0.05, 0) is 36.2 Å². The lowest BCUT2D eigenvalue weighted by atomic mass is 9.93. The largest absolute Gasteiger partial charge is 0.350 e. The second-order valence-electron chi connectivity index (χ2n) is 7.03. The van der Waals surface area contributed by atoms with Crippen LogP contribution in [0.25, 0.3) is 5.65 Å². The Labute approximate surface area is 145 Å². The fourth-order valence-electron chi connectivity index (χ4n) is 2.43. The highest BCUT2D eigenvalue weighted by Crippen LogP contribution is 2.21. The van der Waals surface area contributed by atoms with E-state index < -0.39 is 0 Å². The number of fused-ring (bicyclic) bond motifs is 1. The Morgan fingerprint density at radius 3 is 2.56 bits per heavy atom. The molecule has 2 aromatic heterocycles. The number of rotatable bonds is 4. The predicted molar refractivity (Wildman–Crippen MR) is 94.1 cm³/mol. The zero-order valence-electron chi connectivity index (χ0n) is 14.6. The Bertz CT molecular complexity index is 894. The van der Waals surface area contributed by atoms with Gasteiger partial charge in [-0.25, -0.2) is 13.9 Å². The standard InChI is InChI=1S/C19H21FN4O/c1-19(2,3)16-12-24-17(22-16)9-8-15(23-24)18(25)21-11-10-13-4-6-14(20)7-5-13/h4-9,12H,10-11H2,1-3H3,(H,21,25). The van der Waals surface area contributed by atoms with Gasteiger partial charge in [-0.15, -0.1) is 0 Å². The number of carbonyl (C=O) groups is 1. The molecule has 0 unspecified atom stereocenters. The molecule has 0 aliphatic carbocycles. The molecule has 1 N–H and O–H groups in total. The van der Waals surface area contributed by atoms with Gasteiger partial charge in [0.05, 0.1) is 11.9 Å². The van der Waals surface area contributed by atoms with Gasteiger partial charge in [0.1, 0.15) is 11.5 Å². The molecular formula is C19H21FN4O. The summed E-state index contributed by atoms with van der Waals surface area (Å²) in [7, 11) is 0. The third kappa shape index (κ3) is 4.02. The third-order valence-corrected chi connectivity index (χ3v) is 3.93. The van der Waals surface area contributed by atoms with Crippen molar-refractivity contribution in [1.29, 1.82) is 0 Å². The van der Waals surface area contributed by atoms with Crippen LogP contribution in [0.4, 0.5) is 4.39 Å². The number of amides is 1. The molecule has 1 aromatic carbocycles. The van der Waals surface area contributed by atoms with Crippen molar-refractivity contribution in [2.75, 3.05) is 6.54 Å². The highest BCUT2D eigenvalue weighted by molar-refractivity contribution is 5.92. The average molecular weight is 340 g/mol. The number of nitrogens with zero attached hydrogens (tertiary/aromatic N) is 3. The van der Waals surface area contributed by atoms with Gasteiger partial charge in [-0.2, -0.15) is 5.10 Å². The summed E-state index contributed by atoms with van der Waals surface area (Å²) < 4.78 is 14.5. The molecule has 0 atom stereocenters. The smallest absolute Gasteiger partial charge is 0.271 e. The molecule has 0 spiro atoms. The number of hydrogen-bond acceptors (Lipinski definition) is 3. The van der Waals surface area contributed by atoms with Gasteiger partial charge >= 0.3 is 0 Å². The van der Waals surface area contributed by atoms with Crippen LogP contribution in [0.1, 0.15) is 42.5 Å². The van der Waals surface area contributed by atoms with E-state index in [1.165, 1.54) is 12.1 Å². The normalized spacial score (nSPS) is 11.7. The van der Waals surface area contributed by atoms with E-state index in [4.69, 9.17) is 0 Å². The summed E-state index contributed by atoms with van der Waals surface area (Å²) in [6.45, 7) is 6.70. The first-order chi connectivity index (χ1) is 11.8. The van der Waals surface area contributed by atoms with Crippen molar-refractivity contribution in [2.24, 2.45) is 0 Å². The van der Waals surface area contributed by atoms with Crippen LogP contribution in [0.15, 0.2) is 42.6 Å². The van der Waals surface area contributed by atoms with E-state index in [-0.39, 0.29) is 17.1 Å². The van der Waals surface area contributed by atoms with E-state index in [1.807, 2.05) is 6.20 Å². The first-order valence-corrected chi connectivity index (χ1v) is 8.22. The molecule has 5 nitrogen and oxygen atoms in total. The van der Waals surface area contributed by atoms with Crippen LogP contribution in [0.3, 0.4) is 0 Å². The average Bonchev–Trinajstić information content (AvgIpc) is 3.00. The van der Waals surface area contributed by atoms with Crippen LogP contribution < -0.4 is 5.32 Å². The number of aromatic nitrogens is 3. The Kier molecular flexibility index (Phi) is 4.53. The summed E-state index contributed by atoms with van der Waals surface area (Å²) in [5.41, 5.74) is 2.87. The monoisotopic (exact) mass is 340 g/mol. The fraction of sp³-hybridized carbons (Fsp3) is 0.316. The number of imidazole rings is 1. The van der Waals surface area contributed by atoms with E-state index in [0.29, 0.717) is 24.3 Å². The molecule has 6 heteroatoms. The van der Waals surface area contributed by atoms with Gasteiger partial charge in [0, 0.05) is 12.0 Å². The van der Waals surface area contributed by atoms with Gasteiger partial charge in [0.15, 0.2) is 5.65 Å². The molecule has 3 aromatic rings. The molecule has 0 radical (unpaired) electrons. The summed E-state index contributed by atoms with van der Waals surface area (Å²) in [6, 6.07) is 9.72. The van der Waals surface area contributed by atoms with E-state index in [0.717, 1.165) is 11.3 Å². The Morgan fingerprint density at radius 1 is 1.16 bits per heavy atom. The van der Waals surface area contributed by atoms with Crippen molar-refractivity contribution in [3.8, 4) is 0 Å². The van der Waals surface area contributed by atoms with Crippen molar-refractivity contribution in [2.45, 2.75) is 32.6 Å². The van der Waals surface area contributed by atoms with Crippen molar-refractivity contribution in [1.82, 2.24) is 19.9 Å². The molecule has 2 heterocycles. The Morgan fingerprint density at radius 2 is 1.88 bits per heavy atom. The van der Waals surface area contributed by atoms with Crippen molar-refractivity contribution < 1.29 is 9.18 Å². The first-order valence-electron chi connectivity index (χ1n) is 8.22. The summed E-state index contributed by atoms with van der Waals surface area (Å²) in [5, 5.41) is 7.17. The molecule has 0 saturated heterocycles. The highest BCUT2D eigenvalue weighted by Gasteiger charge is 2.18. The lowest BCUT2D eigenvalue weighted by molar-refractivity contribution is 0.0948. The summed E-state index contributed by atoms with van der Waals surface area (Å²) >= 11 is 0. The maximum Gasteiger partial charge on any atom is 0.271 e. The van der Waals surface area contributed by atoms with Crippen LogP contribution in [-0.2, 0) is 11.8 Å². The minimum atomic E-state index is -0.264. The number of hydrogen-bond donors (Lipinski definition) is 1. The van der Waals surface area contributed by atoms with Gasteiger partial charge in [-0.1, -0.05) is 32.9 Å². The molecule has 0 bridgehead atoms. The number of halogens is 1. The second kappa shape index (κ2) is 6.63. The van der Waals surface area contributed by atoms with E-state index >= 15 is 0 Å². The zero-order valence-corrected chi connectivity index (χ0v) is 14.6. The first kappa shape index (κ1) is 17.1. The van der Waals surface area contributed by atoms with Crippen LogP contribution in [0.2, 0.25) is 0 Å². The van der Waals surface area contributed by atoms with Gasteiger partial charge in [0.2, 0.25) is 0 Å². The highest BCUT2D eigenvalue weighted by atomic mass is 19.1. The van der Waals surface area contributed by atoms with Gasteiger partial charge < -0.3 is 5.32 Å². The van der Waals surface area contributed by atoms with E-state index in [1.54, 1.807) is 28.8 Å². The van der Waals surface area contributed by atoms with Gasteiger partial charge in [0.25, 0.3) is 5.91 Å². The molecule has 25 heavy (non-hydrogen) atoms. The minimum absolute atomic E-state index is 0.0781. The molecular weight excluding hydrogens is 319 g/mol.